The summed E-state index contributed by atoms with van der Waals surface area (Å²) in [7, 11) is 0. The maximum Gasteiger partial charge on any atom is 0.422 e. The van der Waals surface area contributed by atoms with E-state index in [4.69, 9.17) is 0 Å². The van der Waals surface area contributed by atoms with Crippen LogP contribution in [-0.2, 0) is 28.6 Å². The first-order chi connectivity index (χ1) is 14.4. The number of hydrogen-bond acceptors (Lipinski definition) is 2. The van der Waals surface area contributed by atoms with Crippen LogP contribution in [0.25, 0.3) is 0 Å². The lowest BCUT2D eigenvalue weighted by Gasteiger charge is -2.26. The zero-order chi connectivity index (χ0) is 23.1. The number of fused-ring (bicyclic) bond motifs is 1. The fourth-order valence-electron chi connectivity index (χ4n) is 3.72. The van der Waals surface area contributed by atoms with E-state index >= 15 is 0 Å². The van der Waals surface area contributed by atoms with E-state index < -0.39 is 52.5 Å². The van der Waals surface area contributed by atoms with Gasteiger partial charge < -0.3 is 5.32 Å². The molecule has 1 aliphatic rings. The van der Waals surface area contributed by atoms with Gasteiger partial charge in [0.1, 0.15) is 17.0 Å². The van der Waals surface area contributed by atoms with Gasteiger partial charge in [-0.1, -0.05) is 18.2 Å². The Kier molecular flexibility index (Phi) is 6.11. The van der Waals surface area contributed by atoms with Gasteiger partial charge >= 0.3 is 6.18 Å². The molecule has 0 saturated carbocycles. The molecule has 1 amide bonds. The normalized spacial score (nSPS) is 16.1. The van der Waals surface area contributed by atoms with Crippen LogP contribution in [0.3, 0.4) is 0 Å². The number of rotatable bonds is 4. The number of halogens is 7. The predicted octanol–water partition coefficient (Wildman–Crippen LogP) is 5.45. The van der Waals surface area contributed by atoms with Crippen LogP contribution >= 0.6 is 0 Å². The molecule has 166 valence electrons. The third kappa shape index (κ3) is 4.42. The van der Waals surface area contributed by atoms with E-state index in [9.17, 15) is 40.3 Å². The number of alkyl halides is 3. The number of carbonyl (C=O) groups excluding carboxylic acids is 2. The highest BCUT2D eigenvalue weighted by Crippen LogP contribution is 2.39. The van der Waals surface area contributed by atoms with Gasteiger partial charge in [-0.15, -0.1) is 0 Å². The van der Waals surface area contributed by atoms with Crippen LogP contribution in [0.15, 0.2) is 18.2 Å². The third-order valence-corrected chi connectivity index (χ3v) is 5.09. The second kappa shape index (κ2) is 8.32. The van der Waals surface area contributed by atoms with Gasteiger partial charge in [0.15, 0.2) is 23.3 Å². The second-order valence-electron chi connectivity index (χ2n) is 7.35. The summed E-state index contributed by atoms with van der Waals surface area (Å²) in [6.07, 6.45) is -4.21. The molecule has 1 aliphatic carbocycles. The Balaban J connectivity index is 1.98. The molecule has 0 bridgehead atoms. The second-order valence-corrected chi connectivity index (χ2v) is 7.35. The molecule has 3 rings (SSSR count). The van der Waals surface area contributed by atoms with Crippen molar-refractivity contribution in [3.05, 3.63) is 63.7 Å². The van der Waals surface area contributed by atoms with Crippen molar-refractivity contribution in [1.82, 2.24) is 0 Å². The number of aryl methyl sites for hydroxylation is 1. The Bertz CT molecular complexity index is 1030. The predicted molar refractivity (Wildman–Crippen MR) is 96.4 cm³/mol. The standard InChI is InChI=1S/C21H16F7NO2/c1-9(30)7-10-5-6-11-3-2-4-12(13(11)8-10)20(31)29-19-17(24)15(22)14(21(26,27)28)16(23)18(19)25/h5-6,8,12H,2-4,7H2,1H3,(H,29,31). The van der Waals surface area contributed by atoms with Gasteiger partial charge in [-0.2, -0.15) is 13.2 Å². The van der Waals surface area contributed by atoms with Crippen molar-refractivity contribution in [2.24, 2.45) is 0 Å². The quantitative estimate of drug-likeness (QED) is 0.501. The van der Waals surface area contributed by atoms with Gasteiger partial charge in [0.2, 0.25) is 5.91 Å². The molecule has 10 heteroatoms. The van der Waals surface area contributed by atoms with Crippen molar-refractivity contribution < 1.29 is 40.3 Å². The van der Waals surface area contributed by atoms with Crippen molar-refractivity contribution >= 4 is 17.4 Å². The van der Waals surface area contributed by atoms with Gasteiger partial charge in [-0.3, -0.25) is 9.59 Å². The van der Waals surface area contributed by atoms with Crippen LogP contribution in [0.1, 0.15) is 47.9 Å². The first-order valence-electron chi connectivity index (χ1n) is 9.27. The fraction of sp³-hybridized carbons (Fsp3) is 0.333. The molecule has 31 heavy (non-hydrogen) atoms. The van der Waals surface area contributed by atoms with Crippen LogP contribution in [0.4, 0.5) is 36.4 Å². The number of ketones is 1. The van der Waals surface area contributed by atoms with Gasteiger partial charge in [-0.05, 0) is 42.9 Å². The molecule has 0 radical (unpaired) electrons. The molecule has 2 aromatic carbocycles. The summed E-state index contributed by atoms with van der Waals surface area (Å²) in [5.41, 5.74) is -2.49. The first-order valence-corrected chi connectivity index (χ1v) is 9.27. The van der Waals surface area contributed by atoms with Crippen molar-refractivity contribution in [1.29, 1.82) is 0 Å². The first kappa shape index (κ1) is 22.8. The summed E-state index contributed by atoms with van der Waals surface area (Å²) in [6.45, 7) is 1.38. The molecular formula is C21H16F7NO2. The molecule has 1 N–H and O–H groups in total. The maximum absolute atomic E-state index is 14.1. The van der Waals surface area contributed by atoms with E-state index in [-0.39, 0.29) is 18.6 Å². The molecule has 2 aromatic rings. The molecule has 1 atom stereocenters. The minimum absolute atomic E-state index is 0.0974. The number of amides is 1. The van der Waals surface area contributed by atoms with Gasteiger partial charge in [0.25, 0.3) is 0 Å². The molecule has 0 heterocycles. The van der Waals surface area contributed by atoms with Crippen molar-refractivity contribution in [2.45, 2.75) is 44.7 Å². The molecular weight excluding hydrogens is 431 g/mol. The fourth-order valence-corrected chi connectivity index (χ4v) is 3.72. The molecule has 0 aliphatic heterocycles. The number of anilines is 1. The van der Waals surface area contributed by atoms with Crippen molar-refractivity contribution in [3.63, 3.8) is 0 Å². The Labute approximate surface area is 172 Å². The average Bonchev–Trinajstić information content (AvgIpc) is 2.67. The van der Waals surface area contributed by atoms with E-state index in [1.165, 1.54) is 6.92 Å². The molecule has 1 unspecified atom stereocenters. The third-order valence-electron chi connectivity index (χ3n) is 5.09. The van der Waals surface area contributed by atoms with E-state index in [0.29, 0.717) is 24.0 Å². The minimum Gasteiger partial charge on any atom is -0.320 e. The molecule has 0 aromatic heterocycles. The molecule has 3 nitrogen and oxygen atoms in total. The Morgan fingerprint density at radius 1 is 1.03 bits per heavy atom. The van der Waals surface area contributed by atoms with E-state index in [0.717, 1.165) is 5.56 Å². The van der Waals surface area contributed by atoms with E-state index in [1.807, 2.05) is 0 Å². The van der Waals surface area contributed by atoms with E-state index in [1.54, 1.807) is 23.5 Å². The highest BCUT2D eigenvalue weighted by molar-refractivity contribution is 5.96. The van der Waals surface area contributed by atoms with Gasteiger partial charge in [0.05, 0.1) is 5.92 Å². The SMILES string of the molecule is CC(=O)Cc1ccc2c(c1)C(C(=O)Nc1c(F)c(F)c(C(F)(F)F)c(F)c1F)CCC2. The lowest BCUT2D eigenvalue weighted by molar-refractivity contribution is -0.143. The molecule has 0 saturated heterocycles. The zero-order valence-electron chi connectivity index (χ0n) is 16.1. The number of benzene rings is 2. The minimum atomic E-state index is -5.67. The van der Waals surface area contributed by atoms with Crippen LogP contribution < -0.4 is 5.32 Å². The van der Waals surface area contributed by atoms with Crippen LogP contribution in [0.2, 0.25) is 0 Å². The number of Topliss-reactive ketones (excluding diaryl/α,β-unsaturated/α-hetero) is 1. The monoisotopic (exact) mass is 447 g/mol. The summed E-state index contributed by atoms with van der Waals surface area (Å²) in [4.78, 5) is 24.1. The maximum atomic E-state index is 14.1. The number of carbonyl (C=O) groups is 2. The molecule has 0 fully saturated rings. The Morgan fingerprint density at radius 2 is 1.65 bits per heavy atom. The van der Waals surface area contributed by atoms with Crippen LogP contribution in [0, 0.1) is 23.3 Å². The van der Waals surface area contributed by atoms with Crippen LogP contribution in [0.5, 0.6) is 0 Å². The number of hydrogen-bond donors (Lipinski definition) is 1. The zero-order valence-corrected chi connectivity index (χ0v) is 16.1. The van der Waals surface area contributed by atoms with Crippen LogP contribution in [-0.4, -0.2) is 11.7 Å². The summed E-state index contributed by atoms with van der Waals surface area (Å²) in [5, 5.41) is 1.71. The lowest BCUT2D eigenvalue weighted by atomic mass is 9.81. The summed E-state index contributed by atoms with van der Waals surface area (Å²) < 4.78 is 94.1. The smallest absolute Gasteiger partial charge is 0.320 e. The molecule has 0 spiro atoms. The average molecular weight is 447 g/mol. The highest BCUT2D eigenvalue weighted by Gasteiger charge is 2.43. The highest BCUT2D eigenvalue weighted by atomic mass is 19.4. The topological polar surface area (TPSA) is 46.2 Å². The lowest BCUT2D eigenvalue weighted by Crippen LogP contribution is -2.27. The number of nitrogens with one attached hydrogen (secondary N) is 1. The van der Waals surface area contributed by atoms with Crippen molar-refractivity contribution in [2.75, 3.05) is 5.32 Å². The van der Waals surface area contributed by atoms with Gasteiger partial charge in [0, 0.05) is 6.42 Å². The van der Waals surface area contributed by atoms with E-state index in [2.05, 4.69) is 0 Å². The Morgan fingerprint density at radius 3 is 2.19 bits per heavy atom. The summed E-state index contributed by atoms with van der Waals surface area (Å²) >= 11 is 0. The van der Waals surface area contributed by atoms with Gasteiger partial charge in [-0.25, -0.2) is 17.6 Å². The summed E-state index contributed by atoms with van der Waals surface area (Å²) in [6, 6.07) is 5.02. The summed E-state index contributed by atoms with van der Waals surface area (Å²) in [5.74, 6) is -12.1. The Hall–Kier alpha value is -2.91. The largest absolute Gasteiger partial charge is 0.422 e. The van der Waals surface area contributed by atoms with Crippen molar-refractivity contribution in [3.8, 4) is 0 Å².